The Balaban J connectivity index is 1.66. The zero-order chi connectivity index (χ0) is 18.5. The average Bonchev–Trinajstić information content (AvgIpc) is 3.01. The van der Waals surface area contributed by atoms with Crippen LogP contribution in [0.2, 0.25) is 0 Å². The highest BCUT2D eigenvalue weighted by Gasteiger charge is 2.27. The van der Waals surface area contributed by atoms with E-state index in [4.69, 9.17) is 0 Å². The van der Waals surface area contributed by atoms with Crippen molar-refractivity contribution in [3.8, 4) is 0 Å². The number of amides is 1. The fourth-order valence-electron chi connectivity index (χ4n) is 2.54. The number of ether oxygens (including phenoxy) is 1. The second-order valence-electron chi connectivity index (χ2n) is 5.79. The molecular weight excluding hydrogens is 348 g/mol. The van der Waals surface area contributed by atoms with E-state index in [0.717, 1.165) is 17.7 Å². The van der Waals surface area contributed by atoms with Gasteiger partial charge in [-0.25, -0.2) is 4.79 Å². The summed E-state index contributed by atoms with van der Waals surface area (Å²) < 4.78 is 4.68. The number of rotatable bonds is 5. The van der Waals surface area contributed by atoms with Crippen molar-refractivity contribution in [2.45, 2.75) is 18.8 Å². The number of carbonyl (C=O) groups is 2. The lowest BCUT2D eigenvalue weighted by Gasteiger charge is -2.12. The third-order valence-electron chi connectivity index (χ3n) is 4.02. The van der Waals surface area contributed by atoms with Gasteiger partial charge in [0.05, 0.1) is 17.6 Å². The third kappa shape index (κ3) is 4.26. The van der Waals surface area contributed by atoms with E-state index in [1.807, 2.05) is 18.2 Å². The Hall–Kier alpha value is -2.73. The number of anilines is 1. The van der Waals surface area contributed by atoms with Crippen LogP contribution in [-0.2, 0) is 16.0 Å². The Bertz CT molecular complexity index is 829. The zero-order valence-corrected chi connectivity index (χ0v) is 15.4. The molecule has 1 saturated heterocycles. The standard InChI is InChI=1S/C20H20N2O3S/c1-3-13-6-10-16(11-7-13)21-20-22-18(23)17(26-20)12-14-4-8-15(9-5-14)19(24)25-2/h4-12,20-21H,3H2,1-2H3,(H,22,23)/b17-12-/t20-/m0/s1. The molecule has 1 atom stereocenters. The summed E-state index contributed by atoms with van der Waals surface area (Å²) in [6.45, 7) is 2.12. The van der Waals surface area contributed by atoms with Gasteiger partial charge < -0.3 is 15.4 Å². The Morgan fingerprint density at radius 2 is 1.88 bits per heavy atom. The third-order valence-corrected chi connectivity index (χ3v) is 5.05. The summed E-state index contributed by atoms with van der Waals surface area (Å²) in [6, 6.07) is 15.1. The van der Waals surface area contributed by atoms with Crippen molar-refractivity contribution in [1.82, 2.24) is 5.32 Å². The number of aryl methyl sites for hydroxylation is 1. The van der Waals surface area contributed by atoms with Crippen LogP contribution >= 0.6 is 11.8 Å². The SMILES string of the molecule is CCc1ccc(N[C@H]2NC(=O)/C(=C/c3ccc(C(=O)OC)cc3)S2)cc1. The Morgan fingerprint density at radius 1 is 1.19 bits per heavy atom. The topological polar surface area (TPSA) is 67.4 Å². The highest BCUT2D eigenvalue weighted by Crippen LogP contribution is 2.30. The molecule has 2 aromatic rings. The van der Waals surface area contributed by atoms with Crippen molar-refractivity contribution in [3.63, 3.8) is 0 Å². The molecule has 1 heterocycles. The molecule has 0 spiro atoms. The molecule has 6 heteroatoms. The van der Waals surface area contributed by atoms with E-state index in [1.54, 1.807) is 24.3 Å². The fourth-order valence-corrected chi connectivity index (χ4v) is 3.52. The molecule has 0 aromatic heterocycles. The minimum atomic E-state index is -0.379. The number of hydrogen-bond donors (Lipinski definition) is 2. The molecule has 5 nitrogen and oxygen atoms in total. The Kier molecular flexibility index (Phi) is 5.63. The lowest BCUT2D eigenvalue weighted by molar-refractivity contribution is -0.116. The molecule has 1 aliphatic rings. The van der Waals surface area contributed by atoms with E-state index in [0.29, 0.717) is 10.5 Å². The minimum absolute atomic E-state index is 0.116. The summed E-state index contributed by atoms with van der Waals surface area (Å²) in [5.41, 5.74) is 3.35. The molecular formula is C20H20N2O3S. The van der Waals surface area contributed by atoms with Gasteiger partial charge >= 0.3 is 5.97 Å². The first-order valence-corrected chi connectivity index (χ1v) is 9.20. The molecule has 1 fully saturated rings. The molecule has 1 amide bonds. The van der Waals surface area contributed by atoms with Crippen LogP contribution in [0.15, 0.2) is 53.4 Å². The fraction of sp³-hybridized carbons (Fsp3) is 0.200. The molecule has 0 unspecified atom stereocenters. The largest absolute Gasteiger partial charge is 0.465 e. The van der Waals surface area contributed by atoms with E-state index in [2.05, 4.69) is 34.4 Å². The molecule has 26 heavy (non-hydrogen) atoms. The van der Waals surface area contributed by atoms with Gasteiger partial charge in [0.25, 0.3) is 5.91 Å². The highest BCUT2D eigenvalue weighted by atomic mass is 32.2. The van der Waals surface area contributed by atoms with Gasteiger partial charge in [-0.3, -0.25) is 4.79 Å². The molecule has 1 aliphatic heterocycles. The second-order valence-corrected chi connectivity index (χ2v) is 6.94. The van der Waals surface area contributed by atoms with Gasteiger partial charge in [-0.05, 0) is 47.9 Å². The van der Waals surface area contributed by atoms with E-state index in [-0.39, 0.29) is 17.4 Å². The maximum absolute atomic E-state index is 12.2. The smallest absolute Gasteiger partial charge is 0.337 e. The summed E-state index contributed by atoms with van der Waals surface area (Å²) in [5, 5.41) is 6.21. The van der Waals surface area contributed by atoms with Gasteiger partial charge in [0.1, 0.15) is 0 Å². The van der Waals surface area contributed by atoms with Gasteiger partial charge in [0, 0.05) is 5.69 Å². The van der Waals surface area contributed by atoms with Crippen LogP contribution in [0.4, 0.5) is 5.69 Å². The van der Waals surface area contributed by atoms with Gasteiger partial charge in [-0.1, -0.05) is 43.0 Å². The van der Waals surface area contributed by atoms with E-state index in [9.17, 15) is 9.59 Å². The zero-order valence-electron chi connectivity index (χ0n) is 14.6. The molecule has 0 aliphatic carbocycles. The predicted molar refractivity (Wildman–Crippen MR) is 105 cm³/mol. The molecule has 3 rings (SSSR count). The van der Waals surface area contributed by atoms with Crippen LogP contribution in [-0.4, -0.2) is 24.5 Å². The van der Waals surface area contributed by atoms with Gasteiger partial charge in [-0.2, -0.15) is 0 Å². The van der Waals surface area contributed by atoms with Gasteiger partial charge in [-0.15, -0.1) is 0 Å². The molecule has 0 bridgehead atoms. The molecule has 2 N–H and O–H groups in total. The predicted octanol–water partition coefficient (Wildman–Crippen LogP) is 3.64. The number of methoxy groups -OCH3 is 1. The van der Waals surface area contributed by atoms with E-state index in [1.165, 1.54) is 24.4 Å². The van der Waals surface area contributed by atoms with E-state index >= 15 is 0 Å². The maximum atomic E-state index is 12.2. The van der Waals surface area contributed by atoms with Crippen LogP contribution in [0.1, 0.15) is 28.4 Å². The van der Waals surface area contributed by atoms with Gasteiger partial charge in [0.15, 0.2) is 5.50 Å². The first-order valence-electron chi connectivity index (χ1n) is 8.32. The second kappa shape index (κ2) is 8.10. The lowest BCUT2D eigenvalue weighted by Crippen LogP contribution is -2.30. The van der Waals surface area contributed by atoms with Crippen molar-refractivity contribution in [3.05, 3.63) is 70.1 Å². The number of hydrogen-bond acceptors (Lipinski definition) is 5. The first-order chi connectivity index (χ1) is 12.6. The minimum Gasteiger partial charge on any atom is -0.465 e. The first kappa shape index (κ1) is 18.1. The van der Waals surface area contributed by atoms with Crippen molar-refractivity contribution >= 4 is 35.4 Å². The molecule has 0 radical (unpaired) electrons. The molecule has 134 valence electrons. The van der Waals surface area contributed by atoms with Crippen molar-refractivity contribution < 1.29 is 14.3 Å². The number of esters is 1. The van der Waals surface area contributed by atoms with Crippen LogP contribution in [0.5, 0.6) is 0 Å². The summed E-state index contributed by atoms with van der Waals surface area (Å²) in [6.07, 6.45) is 2.81. The summed E-state index contributed by atoms with van der Waals surface area (Å²) in [5.74, 6) is -0.495. The number of benzene rings is 2. The molecule has 0 saturated carbocycles. The quantitative estimate of drug-likeness (QED) is 0.623. The maximum Gasteiger partial charge on any atom is 0.337 e. The molecule has 2 aromatic carbocycles. The number of carbonyl (C=O) groups excluding carboxylic acids is 2. The monoisotopic (exact) mass is 368 g/mol. The summed E-state index contributed by atoms with van der Waals surface area (Å²) >= 11 is 1.43. The van der Waals surface area contributed by atoms with Gasteiger partial charge in [0.2, 0.25) is 0 Å². The van der Waals surface area contributed by atoms with Crippen LogP contribution in [0.25, 0.3) is 6.08 Å². The van der Waals surface area contributed by atoms with Crippen LogP contribution in [0, 0.1) is 0 Å². The number of thioether (sulfide) groups is 1. The van der Waals surface area contributed by atoms with Crippen molar-refractivity contribution in [2.75, 3.05) is 12.4 Å². The normalized spacial score (nSPS) is 17.8. The Labute approximate surface area is 156 Å². The van der Waals surface area contributed by atoms with Crippen LogP contribution < -0.4 is 10.6 Å². The summed E-state index contributed by atoms with van der Waals surface area (Å²) in [4.78, 5) is 24.3. The van der Waals surface area contributed by atoms with E-state index < -0.39 is 0 Å². The number of nitrogens with one attached hydrogen (secondary N) is 2. The lowest BCUT2D eigenvalue weighted by atomic mass is 10.1. The average molecular weight is 368 g/mol. The van der Waals surface area contributed by atoms with Crippen LogP contribution in [0.3, 0.4) is 0 Å². The van der Waals surface area contributed by atoms with Crippen molar-refractivity contribution in [1.29, 1.82) is 0 Å². The Morgan fingerprint density at radius 3 is 2.50 bits per heavy atom. The van der Waals surface area contributed by atoms with Crippen molar-refractivity contribution in [2.24, 2.45) is 0 Å². The summed E-state index contributed by atoms with van der Waals surface area (Å²) in [7, 11) is 1.35. The highest BCUT2D eigenvalue weighted by molar-refractivity contribution is 8.05.